The topological polar surface area (TPSA) is 88.2 Å². The van der Waals surface area contributed by atoms with Gasteiger partial charge in [-0.25, -0.2) is 4.39 Å². The molecule has 20 heavy (non-hydrogen) atoms. The summed E-state index contributed by atoms with van der Waals surface area (Å²) in [6.07, 6.45) is 3.17. The van der Waals surface area contributed by atoms with E-state index in [1.54, 1.807) is 0 Å². The SMILES string of the molecule is CNC(=O)c1cc(CC/C(C=N)=C/N)c(F)c(OC)c1. The first-order valence-electron chi connectivity index (χ1n) is 6.07. The molecule has 1 amide bonds. The molecule has 0 bridgehead atoms. The predicted octanol–water partition coefficient (Wildman–Crippen LogP) is 1.62. The molecule has 0 radical (unpaired) electrons. The van der Waals surface area contributed by atoms with E-state index in [2.05, 4.69) is 5.32 Å². The largest absolute Gasteiger partial charge is 0.494 e. The Morgan fingerprint density at radius 1 is 1.55 bits per heavy atom. The minimum atomic E-state index is -0.499. The van der Waals surface area contributed by atoms with Crippen molar-refractivity contribution in [2.75, 3.05) is 14.2 Å². The Morgan fingerprint density at radius 2 is 2.25 bits per heavy atom. The predicted molar refractivity (Wildman–Crippen MR) is 75.7 cm³/mol. The Balaban J connectivity index is 3.10. The van der Waals surface area contributed by atoms with Gasteiger partial charge < -0.3 is 21.2 Å². The molecule has 6 heteroatoms. The van der Waals surface area contributed by atoms with Gasteiger partial charge in [0.2, 0.25) is 0 Å². The molecule has 0 spiro atoms. The summed E-state index contributed by atoms with van der Waals surface area (Å²) in [5.41, 5.74) is 6.62. The second kappa shape index (κ2) is 7.28. The van der Waals surface area contributed by atoms with E-state index in [9.17, 15) is 9.18 Å². The lowest BCUT2D eigenvalue weighted by molar-refractivity contribution is 0.0962. The van der Waals surface area contributed by atoms with Crippen molar-refractivity contribution in [2.45, 2.75) is 12.8 Å². The van der Waals surface area contributed by atoms with E-state index in [0.717, 1.165) is 6.21 Å². The van der Waals surface area contributed by atoms with Crippen LogP contribution in [0.4, 0.5) is 4.39 Å². The fraction of sp³-hybridized carbons (Fsp3) is 0.286. The lowest BCUT2D eigenvalue weighted by Gasteiger charge is -2.10. The number of benzene rings is 1. The third-order valence-electron chi connectivity index (χ3n) is 2.91. The first kappa shape index (κ1) is 15.7. The highest BCUT2D eigenvalue weighted by molar-refractivity contribution is 5.94. The van der Waals surface area contributed by atoms with Crippen molar-refractivity contribution in [1.82, 2.24) is 5.32 Å². The Kier molecular flexibility index (Phi) is 5.71. The third kappa shape index (κ3) is 3.57. The van der Waals surface area contributed by atoms with Gasteiger partial charge in [-0.05, 0) is 42.3 Å². The number of carbonyl (C=O) groups is 1. The lowest BCUT2D eigenvalue weighted by atomic mass is 10.0. The number of amides is 1. The zero-order valence-corrected chi connectivity index (χ0v) is 11.5. The quantitative estimate of drug-likeness (QED) is 0.691. The number of nitrogens with one attached hydrogen (secondary N) is 2. The van der Waals surface area contributed by atoms with Gasteiger partial charge in [0.1, 0.15) is 0 Å². The van der Waals surface area contributed by atoms with Crippen molar-refractivity contribution < 1.29 is 13.9 Å². The zero-order chi connectivity index (χ0) is 15.1. The highest BCUT2D eigenvalue weighted by Gasteiger charge is 2.15. The smallest absolute Gasteiger partial charge is 0.251 e. The molecule has 1 aromatic rings. The zero-order valence-electron chi connectivity index (χ0n) is 11.5. The molecule has 5 nitrogen and oxygen atoms in total. The molecule has 1 aromatic carbocycles. The van der Waals surface area contributed by atoms with E-state index in [-0.39, 0.29) is 11.7 Å². The van der Waals surface area contributed by atoms with Crippen LogP contribution in [-0.4, -0.2) is 26.3 Å². The fourth-order valence-corrected chi connectivity index (χ4v) is 1.74. The first-order valence-corrected chi connectivity index (χ1v) is 6.07. The second-order valence-corrected chi connectivity index (χ2v) is 4.12. The van der Waals surface area contributed by atoms with Gasteiger partial charge in [0.25, 0.3) is 5.91 Å². The van der Waals surface area contributed by atoms with Gasteiger partial charge in [0, 0.05) is 18.8 Å². The average molecular weight is 279 g/mol. The molecule has 0 saturated carbocycles. The minimum Gasteiger partial charge on any atom is -0.494 e. The molecule has 108 valence electrons. The Hall–Kier alpha value is -2.37. The number of hydrogen-bond donors (Lipinski definition) is 3. The molecule has 0 aliphatic carbocycles. The van der Waals surface area contributed by atoms with Crippen LogP contribution in [-0.2, 0) is 6.42 Å². The van der Waals surface area contributed by atoms with E-state index < -0.39 is 5.82 Å². The highest BCUT2D eigenvalue weighted by Crippen LogP contribution is 2.24. The van der Waals surface area contributed by atoms with E-state index in [1.165, 1.54) is 32.5 Å². The maximum absolute atomic E-state index is 14.1. The third-order valence-corrected chi connectivity index (χ3v) is 2.91. The lowest BCUT2D eigenvalue weighted by Crippen LogP contribution is -2.18. The summed E-state index contributed by atoms with van der Waals surface area (Å²) in [7, 11) is 2.85. The summed E-state index contributed by atoms with van der Waals surface area (Å²) < 4.78 is 19.1. The number of allylic oxidation sites excluding steroid dienone is 1. The number of ether oxygens (including phenoxy) is 1. The summed E-state index contributed by atoms with van der Waals surface area (Å²) in [6, 6.07) is 2.84. The molecule has 0 aliphatic rings. The molecular formula is C14H18FN3O2. The molecule has 4 N–H and O–H groups in total. The van der Waals surface area contributed by atoms with Crippen LogP contribution < -0.4 is 15.8 Å². The molecule has 0 unspecified atom stereocenters. The maximum atomic E-state index is 14.1. The summed E-state index contributed by atoms with van der Waals surface area (Å²) >= 11 is 0. The molecule has 0 aliphatic heterocycles. The molecule has 0 aromatic heterocycles. The normalized spacial score (nSPS) is 11.1. The van der Waals surface area contributed by atoms with Crippen LogP contribution in [0.2, 0.25) is 0 Å². The van der Waals surface area contributed by atoms with Gasteiger partial charge in [0.05, 0.1) is 7.11 Å². The molecule has 0 fully saturated rings. The van der Waals surface area contributed by atoms with Crippen LogP contribution in [0.15, 0.2) is 23.9 Å². The average Bonchev–Trinajstić information content (AvgIpc) is 2.48. The fourth-order valence-electron chi connectivity index (χ4n) is 1.74. The second-order valence-electron chi connectivity index (χ2n) is 4.12. The minimum absolute atomic E-state index is 0.0224. The van der Waals surface area contributed by atoms with Gasteiger partial charge in [-0.2, -0.15) is 0 Å². The van der Waals surface area contributed by atoms with Gasteiger partial charge in [-0.15, -0.1) is 0 Å². The van der Waals surface area contributed by atoms with Crippen molar-refractivity contribution in [1.29, 1.82) is 5.41 Å². The Morgan fingerprint density at radius 3 is 2.75 bits per heavy atom. The number of halogens is 1. The summed E-state index contributed by atoms with van der Waals surface area (Å²) in [6.45, 7) is 0. The van der Waals surface area contributed by atoms with E-state index >= 15 is 0 Å². The van der Waals surface area contributed by atoms with E-state index in [1.807, 2.05) is 0 Å². The van der Waals surface area contributed by atoms with E-state index in [0.29, 0.717) is 29.5 Å². The summed E-state index contributed by atoms with van der Waals surface area (Å²) in [4.78, 5) is 11.6. The maximum Gasteiger partial charge on any atom is 0.251 e. The van der Waals surface area contributed by atoms with Crippen molar-refractivity contribution in [3.8, 4) is 5.75 Å². The first-order chi connectivity index (χ1) is 9.57. The van der Waals surface area contributed by atoms with Gasteiger partial charge in [-0.3, -0.25) is 4.79 Å². The molecule has 0 heterocycles. The Labute approximate surface area is 117 Å². The number of nitrogens with two attached hydrogens (primary N) is 1. The van der Waals surface area contributed by atoms with Crippen molar-refractivity contribution in [3.63, 3.8) is 0 Å². The summed E-state index contributed by atoms with van der Waals surface area (Å²) in [5, 5.41) is 9.62. The van der Waals surface area contributed by atoms with Gasteiger partial charge >= 0.3 is 0 Å². The van der Waals surface area contributed by atoms with Crippen molar-refractivity contribution in [3.05, 3.63) is 40.8 Å². The van der Waals surface area contributed by atoms with Crippen LogP contribution in [0.1, 0.15) is 22.3 Å². The molecule has 0 saturated heterocycles. The highest BCUT2D eigenvalue weighted by atomic mass is 19.1. The molecule has 0 atom stereocenters. The molecule has 1 rings (SSSR count). The number of rotatable bonds is 6. The standard InChI is InChI=1S/C14H18FN3O2/c1-18-14(19)11-5-10(4-3-9(7-16)8-17)13(15)12(6-11)20-2/h5-8,16H,3-4,17H2,1-2H3,(H,18,19)/b9-8-,16-7?. The van der Waals surface area contributed by atoms with Crippen molar-refractivity contribution >= 4 is 12.1 Å². The van der Waals surface area contributed by atoms with Crippen LogP contribution in [0.3, 0.4) is 0 Å². The number of hydrogen-bond acceptors (Lipinski definition) is 4. The summed E-state index contributed by atoms with van der Waals surface area (Å²) in [5.74, 6) is -0.790. The number of methoxy groups -OCH3 is 1. The van der Waals surface area contributed by atoms with Crippen LogP contribution in [0, 0.1) is 11.2 Å². The number of carbonyl (C=O) groups excluding carboxylic acids is 1. The van der Waals surface area contributed by atoms with E-state index in [4.69, 9.17) is 15.9 Å². The monoisotopic (exact) mass is 279 g/mol. The Bertz CT molecular complexity index is 541. The van der Waals surface area contributed by atoms with Crippen LogP contribution in [0.5, 0.6) is 5.75 Å². The van der Waals surface area contributed by atoms with Gasteiger partial charge in [-0.1, -0.05) is 0 Å². The van der Waals surface area contributed by atoms with Crippen molar-refractivity contribution in [2.24, 2.45) is 5.73 Å². The van der Waals surface area contributed by atoms with Crippen LogP contribution >= 0.6 is 0 Å². The molecular weight excluding hydrogens is 261 g/mol. The van der Waals surface area contributed by atoms with Gasteiger partial charge in [0.15, 0.2) is 11.6 Å². The number of aryl methyl sites for hydroxylation is 1. The van der Waals surface area contributed by atoms with Crippen LogP contribution in [0.25, 0.3) is 0 Å².